The average molecular weight is 338 g/mol. The van der Waals surface area contributed by atoms with E-state index < -0.39 is 29.2 Å². The third kappa shape index (κ3) is 3.20. The highest BCUT2D eigenvalue weighted by molar-refractivity contribution is 6.03. The van der Waals surface area contributed by atoms with Crippen LogP contribution in [0.5, 0.6) is 0 Å². The normalized spacial score (nSPS) is 24.1. The first-order valence-electron chi connectivity index (χ1n) is 8.07. The molecule has 0 unspecified atom stereocenters. The van der Waals surface area contributed by atoms with Crippen LogP contribution >= 0.6 is 0 Å². The molecule has 2 atom stereocenters. The predicted molar refractivity (Wildman–Crippen MR) is 81.6 cm³/mol. The van der Waals surface area contributed by atoms with Gasteiger partial charge in [0.05, 0.1) is 19.1 Å². The molecule has 0 spiro atoms. The van der Waals surface area contributed by atoms with Gasteiger partial charge in [0.15, 0.2) is 11.2 Å². The Hall–Kier alpha value is -2.18. The summed E-state index contributed by atoms with van der Waals surface area (Å²) in [5.41, 5.74) is -0.698. The first-order chi connectivity index (χ1) is 11.4. The molecule has 24 heavy (non-hydrogen) atoms. The highest BCUT2D eigenvalue weighted by atomic mass is 16.6. The zero-order chi connectivity index (χ0) is 17.9. The fourth-order valence-electron chi connectivity index (χ4n) is 3.44. The third-order valence-electron chi connectivity index (χ3n) is 4.53. The maximum Gasteiger partial charge on any atom is 0.323 e. The van der Waals surface area contributed by atoms with Gasteiger partial charge < -0.3 is 14.2 Å². The number of esters is 3. The van der Waals surface area contributed by atoms with Crippen molar-refractivity contribution in [1.29, 1.82) is 0 Å². The molecule has 2 aliphatic rings. The van der Waals surface area contributed by atoms with Crippen molar-refractivity contribution in [3.63, 3.8) is 0 Å². The zero-order valence-corrected chi connectivity index (χ0v) is 14.1. The molecule has 0 aromatic heterocycles. The van der Waals surface area contributed by atoms with Crippen molar-refractivity contribution in [3.05, 3.63) is 11.6 Å². The fourth-order valence-corrected chi connectivity index (χ4v) is 3.44. The number of ketones is 1. The lowest BCUT2D eigenvalue weighted by Gasteiger charge is -2.25. The second-order valence-corrected chi connectivity index (χ2v) is 6.04. The molecule has 7 heteroatoms. The van der Waals surface area contributed by atoms with Gasteiger partial charge >= 0.3 is 17.9 Å². The Morgan fingerprint density at radius 1 is 1.12 bits per heavy atom. The Balaban J connectivity index is 2.26. The molecule has 0 aromatic rings. The van der Waals surface area contributed by atoms with Crippen LogP contribution in [0.15, 0.2) is 11.6 Å². The van der Waals surface area contributed by atoms with Crippen LogP contribution in [0.3, 0.4) is 0 Å². The summed E-state index contributed by atoms with van der Waals surface area (Å²) < 4.78 is 15.1. The number of carbonyl (C=O) groups excluding carboxylic acids is 4. The van der Waals surface area contributed by atoms with Crippen LogP contribution in [-0.4, -0.2) is 43.5 Å². The van der Waals surface area contributed by atoms with Gasteiger partial charge in [-0.3, -0.25) is 19.2 Å². The molecule has 7 nitrogen and oxygen atoms in total. The Morgan fingerprint density at radius 2 is 1.71 bits per heavy atom. The van der Waals surface area contributed by atoms with Crippen LogP contribution in [0.4, 0.5) is 0 Å². The molecule has 0 bridgehead atoms. The van der Waals surface area contributed by atoms with Crippen molar-refractivity contribution in [1.82, 2.24) is 0 Å². The molecule has 1 saturated carbocycles. The molecule has 2 aliphatic carbocycles. The van der Waals surface area contributed by atoms with Crippen molar-refractivity contribution in [2.24, 2.45) is 17.3 Å². The Morgan fingerprint density at radius 3 is 2.21 bits per heavy atom. The smallest absolute Gasteiger partial charge is 0.323 e. The van der Waals surface area contributed by atoms with E-state index in [1.165, 1.54) is 13.0 Å². The summed E-state index contributed by atoms with van der Waals surface area (Å²) in [4.78, 5) is 48.0. The van der Waals surface area contributed by atoms with E-state index in [1.54, 1.807) is 13.8 Å². The fraction of sp³-hybridized carbons (Fsp3) is 0.647. The molecule has 1 fully saturated rings. The van der Waals surface area contributed by atoms with E-state index in [9.17, 15) is 19.2 Å². The van der Waals surface area contributed by atoms with Gasteiger partial charge in [-0.15, -0.1) is 0 Å². The lowest BCUT2D eigenvalue weighted by molar-refractivity contribution is -0.172. The Bertz CT molecular complexity index is 572. The molecular weight excluding hydrogens is 316 g/mol. The highest BCUT2D eigenvalue weighted by Gasteiger charge is 2.59. The molecule has 0 amide bonds. The predicted octanol–water partition coefficient (Wildman–Crippen LogP) is 1.20. The molecule has 0 aliphatic heterocycles. The Labute approximate surface area is 140 Å². The summed E-state index contributed by atoms with van der Waals surface area (Å²) in [6, 6.07) is 0. The van der Waals surface area contributed by atoms with Gasteiger partial charge in [-0.05, 0) is 38.7 Å². The first-order valence-corrected chi connectivity index (χ1v) is 8.07. The quantitative estimate of drug-likeness (QED) is 0.408. The van der Waals surface area contributed by atoms with Crippen molar-refractivity contribution < 1.29 is 33.4 Å². The van der Waals surface area contributed by atoms with Crippen molar-refractivity contribution in [2.75, 3.05) is 19.8 Å². The van der Waals surface area contributed by atoms with Gasteiger partial charge in [-0.25, -0.2) is 0 Å². The maximum atomic E-state index is 12.4. The largest absolute Gasteiger partial charge is 0.465 e. The molecule has 0 aromatic carbocycles. The van der Waals surface area contributed by atoms with Crippen LogP contribution in [-0.2, 0) is 33.4 Å². The maximum absolute atomic E-state index is 12.4. The number of carbonyl (C=O) groups is 4. The monoisotopic (exact) mass is 338 g/mol. The number of hydrogen-bond acceptors (Lipinski definition) is 7. The number of hydrogen-bond donors (Lipinski definition) is 0. The minimum absolute atomic E-state index is 0.0550. The summed E-state index contributed by atoms with van der Waals surface area (Å²) in [7, 11) is 0. The number of ether oxygens (including phenoxy) is 3. The SMILES string of the molecule is CCOC(=O)C1(C(=O)OCC)CC2=CC(=O)[C@@H](COC(C)=O)[C@@H]2C1. The Kier molecular flexibility index (Phi) is 5.41. The van der Waals surface area contributed by atoms with Crippen LogP contribution in [0, 0.1) is 17.3 Å². The van der Waals surface area contributed by atoms with Crippen LogP contribution < -0.4 is 0 Å². The van der Waals surface area contributed by atoms with E-state index in [-0.39, 0.29) is 44.4 Å². The highest BCUT2D eigenvalue weighted by Crippen LogP contribution is 2.52. The number of allylic oxidation sites excluding steroid dienone is 2. The van der Waals surface area contributed by atoms with Gasteiger partial charge in [-0.2, -0.15) is 0 Å². The van der Waals surface area contributed by atoms with E-state index in [0.717, 1.165) is 5.57 Å². The second-order valence-electron chi connectivity index (χ2n) is 6.04. The third-order valence-corrected chi connectivity index (χ3v) is 4.53. The van der Waals surface area contributed by atoms with Gasteiger partial charge in [0.1, 0.15) is 6.61 Å². The standard InChI is InChI=1S/C17H22O7/c1-4-22-15(20)17(16(21)23-5-2)7-11-6-14(19)13(12(11)8-17)9-24-10(3)18/h6,12-13H,4-5,7-9H2,1-3H3/t12-,13+/m1/s1. The molecule has 2 rings (SSSR count). The van der Waals surface area contributed by atoms with E-state index in [1.807, 2.05) is 0 Å². The average Bonchev–Trinajstić information content (AvgIpc) is 3.00. The lowest BCUT2D eigenvalue weighted by atomic mass is 9.82. The van der Waals surface area contributed by atoms with Gasteiger partial charge in [0, 0.05) is 6.92 Å². The van der Waals surface area contributed by atoms with E-state index >= 15 is 0 Å². The van der Waals surface area contributed by atoms with Gasteiger partial charge in [0.25, 0.3) is 0 Å². The minimum Gasteiger partial charge on any atom is -0.465 e. The summed E-state index contributed by atoms with van der Waals surface area (Å²) in [5.74, 6) is -2.75. The number of fused-ring (bicyclic) bond motifs is 1. The van der Waals surface area contributed by atoms with E-state index in [0.29, 0.717) is 0 Å². The second kappa shape index (κ2) is 7.15. The number of rotatable bonds is 6. The molecule has 0 saturated heterocycles. The zero-order valence-electron chi connectivity index (χ0n) is 14.1. The van der Waals surface area contributed by atoms with Crippen molar-refractivity contribution in [2.45, 2.75) is 33.6 Å². The molecule has 0 radical (unpaired) electrons. The molecule has 132 valence electrons. The van der Waals surface area contributed by atoms with Crippen molar-refractivity contribution in [3.8, 4) is 0 Å². The topological polar surface area (TPSA) is 96.0 Å². The van der Waals surface area contributed by atoms with E-state index in [2.05, 4.69) is 0 Å². The van der Waals surface area contributed by atoms with Crippen molar-refractivity contribution >= 4 is 23.7 Å². The summed E-state index contributed by atoms with van der Waals surface area (Å²) in [5, 5.41) is 0. The lowest BCUT2D eigenvalue weighted by Crippen LogP contribution is -2.41. The summed E-state index contributed by atoms with van der Waals surface area (Å²) in [6.07, 6.45) is 1.70. The molecule has 0 N–H and O–H groups in total. The van der Waals surface area contributed by atoms with Gasteiger partial charge in [-0.1, -0.05) is 5.57 Å². The minimum atomic E-state index is -1.42. The molecular formula is C17H22O7. The molecule has 0 heterocycles. The van der Waals surface area contributed by atoms with Crippen LogP contribution in [0.25, 0.3) is 0 Å². The van der Waals surface area contributed by atoms with Gasteiger partial charge in [0.2, 0.25) is 0 Å². The summed E-state index contributed by atoms with van der Waals surface area (Å²) >= 11 is 0. The summed E-state index contributed by atoms with van der Waals surface area (Å²) in [6.45, 7) is 4.85. The first kappa shape index (κ1) is 18.2. The van der Waals surface area contributed by atoms with Crippen LogP contribution in [0.1, 0.15) is 33.6 Å². The van der Waals surface area contributed by atoms with Crippen LogP contribution in [0.2, 0.25) is 0 Å². The van der Waals surface area contributed by atoms with E-state index in [4.69, 9.17) is 14.2 Å².